The molecule has 0 saturated heterocycles. The second-order valence-electron chi connectivity index (χ2n) is 0.930. The molecule has 4 radical (unpaired) electrons. The highest BCUT2D eigenvalue weighted by atomic mass is 29.6. The van der Waals surface area contributed by atoms with E-state index in [2.05, 4.69) is 9.76 Å². The van der Waals surface area contributed by atoms with Gasteiger partial charge in [0.25, 0.3) is 0 Å². The Bertz CT molecular complexity index is 59.8. The van der Waals surface area contributed by atoms with Gasteiger partial charge in [0.1, 0.15) is 7.83 Å². The molecule has 6 heavy (non-hydrogen) atoms. The van der Waals surface area contributed by atoms with Crippen LogP contribution in [0.4, 0.5) is 0 Å². The largest absolute Gasteiger partial charge is 0.543 e. The van der Waals surface area contributed by atoms with Gasteiger partial charge in [0, 0.05) is 9.76 Å². The van der Waals surface area contributed by atoms with Gasteiger partial charge in [0.2, 0.25) is 0 Å². The summed E-state index contributed by atoms with van der Waals surface area (Å²) in [5.41, 5.74) is 0. The van der Waals surface area contributed by atoms with Gasteiger partial charge in [0.05, 0.1) is 0 Å². The molecule has 2 nitrogen and oxygen atoms in total. The summed E-state index contributed by atoms with van der Waals surface area (Å²) in [5.74, 6) is 0. The molecule has 0 heterocycles. The summed E-state index contributed by atoms with van der Waals surface area (Å²) >= 11 is 0. The van der Waals surface area contributed by atoms with Crippen molar-refractivity contribution < 1.29 is 9.26 Å². The average Bonchev–Trinajstić information content (AvgIpc) is 1.36. The Morgan fingerprint density at radius 1 is 1.83 bits per heavy atom. The maximum absolute atomic E-state index is 9.88. The molecule has 5 heteroatoms. The van der Waals surface area contributed by atoms with E-state index in [0.29, 0.717) is 0 Å². The van der Waals surface area contributed by atoms with Gasteiger partial charge in [0.15, 0.2) is 0 Å². The van der Waals surface area contributed by atoms with Crippen LogP contribution in [0.3, 0.4) is 0 Å². The maximum atomic E-state index is 9.88. The van der Waals surface area contributed by atoms with Crippen LogP contribution < -0.4 is 0 Å². The molecule has 0 aromatic rings. The van der Waals surface area contributed by atoms with Gasteiger partial charge in [-0.15, -0.1) is 0 Å². The molecule has 0 aliphatic heterocycles. The quantitative estimate of drug-likeness (QED) is 0.453. The first kappa shape index (κ1) is 6.25. The third-order valence-corrected chi connectivity index (χ3v) is 4.81. The zero-order chi connectivity index (χ0) is 5.15. The smallest absolute Gasteiger partial charge is 0.460 e. The highest BCUT2D eigenvalue weighted by molar-refractivity contribution is 7.34. The summed E-state index contributed by atoms with van der Waals surface area (Å²) in [4.78, 5) is 8.17. The average molecular weight is 132 g/mol. The van der Waals surface area contributed by atoms with E-state index in [-0.39, 0.29) is 0 Å². The second-order valence-corrected chi connectivity index (χ2v) is 10.1. The Balaban J connectivity index is 3.26. The molecule has 0 aliphatic rings. The lowest BCUT2D eigenvalue weighted by atomic mass is 11.9. The molecule has 0 unspecified atom stereocenters. The van der Waals surface area contributed by atoms with Gasteiger partial charge < -0.3 is 9.26 Å². The van der Waals surface area contributed by atoms with Crippen molar-refractivity contribution in [1.82, 2.24) is 0 Å². The molecule has 0 fully saturated rings. The van der Waals surface area contributed by atoms with Crippen molar-refractivity contribution in [3.05, 3.63) is 0 Å². The summed E-state index contributed by atoms with van der Waals surface area (Å²) in [7, 11) is -0.163. The van der Waals surface area contributed by atoms with E-state index in [9.17, 15) is 4.46 Å². The van der Waals surface area contributed by atoms with Crippen molar-refractivity contribution in [1.29, 1.82) is 0 Å². The van der Waals surface area contributed by atoms with Crippen LogP contribution in [0, 0.1) is 0 Å². The summed E-state index contributed by atoms with van der Waals surface area (Å²) in [6.07, 6.45) is 0. The Morgan fingerprint density at radius 3 is 2.00 bits per heavy atom. The predicted octanol–water partition coefficient (Wildman–Crippen LogP) is -1.23. The standard InChI is InChI=1S/CH4O2Si3/c1-5(4)6(2)3/h2H,1H3. The van der Waals surface area contributed by atoms with E-state index < -0.39 is 16.3 Å². The molecular formula is CH4O2Si3. The third kappa shape index (κ3) is 2.49. The summed E-state index contributed by atoms with van der Waals surface area (Å²) in [5, 5.41) is 0. The first-order valence-electron chi connectivity index (χ1n) is 1.43. The SMILES string of the molecule is C[Si]([Si])[Si](=O)O. The molecule has 0 saturated carbocycles. The van der Waals surface area contributed by atoms with Gasteiger partial charge in [-0.2, -0.15) is 0 Å². The molecule has 0 amide bonds. The van der Waals surface area contributed by atoms with Crippen molar-refractivity contribution in [2.45, 2.75) is 6.55 Å². The van der Waals surface area contributed by atoms with Crippen LogP contribution in [0.25, 0.3) is 0 Å². The number of hydrogen-bond acceptors (Lipinski definition) is 1. The zero-order valence-corrected chi connectivity index (χ0v) is 6.36. The minimum absolute atomic E-state index is 1.04. The fourth-order valence-electron chi connectivity index (χ4n) is 0. The van der Waals surface area contributed by atoms with Crippen LogP contribution in [0.15, 0.2) is 0 Å². The summed E-state index contributed by atoms with van der Waals surface area (Å²) in [6, 6.07) is 0. The lowest BCUT2D eigenvalue weighted by molar-refractivity contribution is 0.468. The van der Waals surface area contributed by atoms with E-state index in [1.165, 1.54) is 0 Å². The normalized spacial score (nSPS) is 9.17. The molecule has 32 valence electrons. The Labute approximate surface area is 42.6 Å². The maximum Gasteiger partial charge on any atom is 0.460 e. The third-order valence-electron chi connectivity index (χ3n) is 0.321. The van der Waals surface area contributed by atoms with Crippen LogP contribution in [-0.2, 0) is 4.46 Å². The van der Waals surface area contributed by atoms with Crippen molar-refractivity contribution in [2.75, 3.05) is 0 Å². The van der Waals surface area contributed by atoms with Crippen molar-refractivity contribution in [2.24, 2.45) is 0 Å². The Hall–Kier alpha value is 0.251. The van der Waals surface area contributed by atoms with Crippen LogP contribution in [0.1, 0.15) is 0 Å². The van der Waals surface area contributed by atoms with E-state index in [0.717, 1.165) is 0 Å². The lowest BCUT2D eigenvalue weighted by Crippen LogP contribution is -2.23. The fourth-order valence-corrected chi connectivity index (χ4v) is 0. The van der Waals surface area contributed by atoms with Gasteiger partial charge >= 0.3 is 8.44 Å². The summed E-state index contributed by atoms with van der Waals surface area (Å²) < 4.78 is 9.88. The van der Waals surface area contributed by atoms with E-state index >= 15 is 0 Å². The fraction of sp³-hybridized carbons (Fsp3) is 1.00. The predicted molar refractivity (Wildman–Crippen MR) is 26.0 cm³/mol. The topological polar surface area (TPSA) is 37.3 Å². The minimum Gasteiger partial charge on any atom is -0.543 e. The Morgan fingerprint density at radius 2 is 2.00 bits per heavy atom. The van der Waals surface area contributed by atoms with Crippen LogP contribution in [-0.4, -0.2) is 30.8 Å². The second kappa shape index (κ2) is 2.43. The monoisotopic (exact) mass is 132 g/mol. The van der Waals surface area contributed by atoms with Crippen molar-refractivity contribution in [3.8, 4) is 0 Å². The highest BCUT2D eigenvalue weighted by Gasteiger charge is 2.08. The first-order valence-corrected chi connectivity index (χ1v) is 7.28. The molecule has 0 aromatic carbocycles. The van der Waals surface area contributed by atoms with Gasteiger partial charge in [-0.05, 0) is 0 Å². The first-order chi connectivity index (χ1) is 2.64. The molecular weight excluding hydrogens is 128 g/mol. The molecule has 0 atom stereocenters. The van der Waals surface area contributed by atoms with Gasteiger partial charge in [-0.3, -0.25) is 0 Å². The molecule has 0 spiro atoms. The van der Waals surface area contributed by atoms with Gasteiger partial charge in [-0.25, -0.2) is 0 Å². The minimum atomic E-state index is -2.19. The zero-order valence-electron chi connectivity index (χ0n) is 3.36. The van der Waals surface area contributed by atoms with E-state index in [4.69, 9.17) is 4.80 Å². The number of rotatable bonds is 1. The highest BCUT2D eigenvalue weighted by Crippen LogP contribution is 1.64. The van der Waals surface area contributed by atoms with E-state index in [1.807, 2.05) is 0 Å². The summed E-state index contributed by atoms with van der Waals surface area (Å²) in [6.45, 7) is 1.74. The van der Waals surface area contributed by atoms with Crippen molar-refractivity contribution in [3.63, 3.8) is 0 Å². The lowest BCUT2D eigenvalue weighted by Gasteiger charge is -1.82. The molecule has 0 rings (SSSR count). The van der Waals surface area contributed by atoms with Crippen LogP contribution in [0.2, 0.25) is 6.55 Å². The van der Waals surface area contributed by atoms with Crippen LogP contribution >= 0.6 is 0 Å². The van der Waals surface area contributed by atoms with Gasteiger partial charge in [-0.1, -0.05) is 6.55 Å². The van der Waals surface area contributed by atoms with E-state index in [1.54, 1.807) is 6.55 Å². The molecule has 1 N–H and O–H groups in total. The number of hydrogen-bond donors (Lipinski definition) is 1. The van der Waals surface area contributed by atoms with Crippen LogP contribution in [0.5, 0.6) is 0 Å². The molecule has 0 bridgehead atoms. The molecule has 0 aliphatic carbocycles. The molecule has 0 aromatic heterocycles. The Kier molecular flexibility index (Phi) is 2.53. The van der Waals surface area contributed by atoms with Crippen molar-refractivity contribution >= 4 is 26.0 Å².